The van der Waals surface area contributed by atoms with E-state index < -0.39 is 12.0 Å². The summed E-state index contributed by atoms with van der Waals surface area (Å²) in [4.78, 5) is 24.8. The first-order valence-electron chi connectivity index (χ1n) is 8.15. The summed E-state index contributed by atoms with van der Waals surface area (Å²) in [5, 5.41) is 8.39. The van der Waals surface area contributed by atoms with Gasteiger partial charge < -0.3 is 16.0 Å². The number of carbonyl (C=O) groups is 2. The minimum atomic E-state index is -0.612. The molecule has 1 aliphatic heterocycles. The molecule has 2 atom stereocenters. The van der Waals surface area contributed by atoms with E-state index in [1.807, 2.05) is 62.4 Å². The van der Waals surface area contributed by atoms with Crippen molar-refractivity contribution in [3.63, 3.8) is 0 Å². The van der Waals surface area contributed by atoms with E-state index >= 15 is 0 Å². The molecule has 25 heavy (non-hydrogen) atoms. The second kappa shape index (κ2) is 6.81. The zero-order valence-electron chi connectivity index (χ0n) is 14.3. The minimum Gasteiger partial charge on any atom is -0.330 e. The number of rotatable bonds is 3. The molecule has 5 nitrogen and oxygen atoms in total. The van der Waals surface area contributed by atoms with Gasteiger partial charge in [-0.1, -0.05) is 48.5 Å². The van der Waals surface area contributed by atoms with Crippen LogP contribution in [0.3, 0.4) is 0 Å². The topological polar surface area (TPSA) is 70.2 Å². The monoisotopic (exact) mass is 335 g/mol. The first kappa shape index (κ1) is 16.8. The zero-order chi connectivity index (χ0) is 18.0. The number of hydrogen-bond donors (Lipinski definition) is 3. The molecule has 3 amide bonds. The Morgan fingerprint density at radius 1 is 1.12 bits per heavy atom. The largest absolute Gasteiger partial charge is 0.330 e. The van der Waals surface area contributed by atoms with Gasteiger partial charge in [0.25, 0.3) is 0 Å². The molecule has 0 unspecified atom stereocenters. The summed E-state index contributed by atoms with van der Waals surface area (Å²) in [6.45, 7) is 7.89. The van der Waals surface area contributed by atoms with Gasteiger partial charge in [-0.15, -0.1) is 0 Å². The summed E-state index contributed by atoms with van der Waals surface area (Å²) in [5.41, 5.74) is 4.16. The van der Waals surface area contributed by atoms with Crippen molar-refractivity contribution in [2.75, 3.05) is 5.32 Å². The van der Waals surface area contributed by atoms with Crippen LogP contribution < -0.4 is 16.0 Å². The number of hydrogen-bond acceptors (Lipinski definition) is 2. The SMILES string of the molecule is C=C1NC(=O)N[C@@H](c2ccc(C)cc2C)[C@@H]1C(=O)Nc1ccccc1. The number of aryl methyl sites for hydroxylation is 2. The molecule has 0 spiro atoms. The lowest BCUT2D eigenvalue weighted by Crippen LogP contribution is -2.52. The average molecular weight is 335 g/mol. The Bertz CT molecular complexity index is 830. The highest BCUT2D eigenvalue weighted by Gasteiger charge is 2.38. The van der Waals surface area contributed by atoms with Crippen molar-refractivity contribution >= 4 is 17.6 Å². The Hall–Kier alpha value is -3.08. The Morgan fingerprint density at radius 2 is 1.84 bits per heavy atom. The van der Waals surface area contributed by atoms with Gasteiger partial charge >= 0.3 is 6.03 Å². The van der Waals surface area contributed by atoms with Crippen molar-refractivity contribution < 1.29 is 9.59 Å². The number of para-hydroxylation sites is 1. The summed E-state index contributed by atoms with van der Waals surface area (Å²) in [7, 11) is 0. The second-order valence-corrected chi connectivity index (χ2v) is 6.29. The Kier molecular flexibility index (Phi) is 4.57. The molecule has 3 rings (SSSR count). The molecular formula is C20H21N3O2. The molecule has 0 aliphatic carbocycles. The molecule has 1 fully saturated rings. The van der Waals surface area contributed by atoms with Crippen LogP contribution in [0.1, 0.15) is 22.7 Å². The van der Waals surface area contributed by atoms with Gasteiger partial charge in [-0.3, -0.25) is 4.79 Å². The van der Waals surface area contributed by atoms with Crippen molar-refractivity contribution in [1.29, 1.82) is 0 Å². The summed E-state index contributed by atoms with van der Waals surface area (Å²) < 4.78 is 0. The lowest BCUT2D eigenvalue weighted by atomic mass is 9.85. The number of urea groups is 1. The first-order valence-corrected chi connectivity index (χ1v) is 8.15. The molecular weight excluding hydrogens is 314 g/mol. The van der Waals surface area contributed by atoms with Crippen molar-refractivity contribution in [3.8, 4) is 0 Å². The average Bonchev–Trinajstić information content (AvgIpc) is 2.54. The van der Waals surface area contributed by atoms with Crippen LogP contribution in [0.4, 0.5) is 10.5 Å². The summed E-state index contributed by atoms with van der Waals surface area (Å²) >= 11 is 0. The molecule has 1 heterocycles. The molecule has 3 N–H and O–H groups in total. The van der Waals surface area contributed by atoms with E-state index in [0.717, 1.165) is 16.7 Å². The van der Waals surface area contributed by atoms with Crippen LogP contribution in [0.5, 0.6) is 0 Å². The van der Waals surface area contributed by atoms with Crippen molar-refractivity contribution in [2.24, 2.45) is 5.92 Å². The summed E-state index contributed by atoms with van der Waals surface area (Å²) in [5.74, 6) is -0.826. The predicted molar refractivity (Wildman–Crippen MR) is 98.0 cm³/mol. The van der Waals surface area contributed by atoms with Crippen LogP contribution in [0.25, 0.3) is 0 Å². The van der Waals surface area contributed by atoms with Gasteiger partial charge in [0.15, 0.2) is 0 Å². The maximum atomic E-state index is 12.9. The first-order chi connectivity index (χ1) is 12.0. The molecule has 0 bridgehead atoms. The molecule has 128 valence electrons. The van der Waals surface area contributed by atoms with Gasteiger partial charge in [0, 0.05) is 11.4 Å². The predicted octanol–water partition coefficient (Wildman–Crippen LogP) is 3.43. The van der Waals surface area contributed by atoms with Crippen LogP contribution in [-0.2, 0) is 4.79 Å². The summed E-state index contributed by atoms with van der Waals surface area (Å²) in [6, 6.07) is 14.4. The molecule has 0 aromatic heterocycles. The van der Waals surface area contributed by atoms with E-state index in [4.69, 9.17) is 0 Å². The van der Waals surface area contributed by atoms with Crippen LogP contribution in [-0.4, -0.2) is 11.9 Å². The normalized spacial score (nSPS) is 19.8. The van der Waals surface area contributed by atoms with Crippen molar-refractivity contribution in [1.82, 2.24) is 10.6 Å². The van der Waals surface area contributed by atoms with Crippen LogP contribution >= 0.6 is 0 Å². The van der Waals surface area contributed by atoms with Gasteiger partial charge in [-0.25, -0.2) is 4.79 Å². The number of benzene rings is 2. The van der Waals surface area contributed by atoms with E-state index in [2.05, 4.69) is 22.5 Å². The zero-order valence-corrected chi connectivity index (χ0v) is 14.3. The number of anilines is 1. The molecule has 1 saturated heterocycles. The number of nitrogens with one attached hydrogen (secondary N) is 3. The molecule has 2 aromatic carbocycles. The van der Waals surface area contributed by atoms with Crippen LogP contribution in [0, 0.1) is 19.8 Å². The maximum Gasteiger partial charge on any atom is 0.319 e. The highest BCUT2D eigenvalue weighted by molar-refractivity contribution is 5.97. The lowest BCUT2D eigenvalue weighted by Gasteiger charge is -2.34. The Balaban J connectivity index is 1.94. The van der Waals surface area contributed by atoms with Gasteiger partial charge in [0.2, 0.25) is 5.91 Å². The smallest absolute Gasteiger partial charge is 0.319 e. The van der Waals surface area contributed by atoms with E-state index in [-0.39, 0.29) is 11.9 Å². The molecule has 0 radical (unpaired) electrons. The fraction of sp³-hybridized carbons (Fsp3) is 0.200. The highest BCUT2D eigenvalue weighted by atomic mass is 16.2. The van der Waals surface area contributed by atoms with Crippen LogP contribution in [0.15, 0.2) is 60.8 Å². The number of amides is 3. The highest BCUT2D eigenvalue weighted by Crippen LogP contribution is 2.32. The molecule has 0 saturated carbocycles. The number of carbonyl (C=O) groups excluding carboxylic acids is 2. The fourth-order valence-electron chi connectivity index (χ4n) is 3.17. The van der Waals surface area contributed by atoms with Crippen molar-refractivity contribution in [3.05, 3.63) is 77.5 Å². The molecule has 2 aromatic rings. The standard InChI is InChI=1S/C20H21N3O2/c1-12-9-10-16(13(2)11-12)18-17(14(3)21-20(25)23-18)19(24)22-15-7-5-4-6-8-15/h4-11,17-18H,3H2,1-2H3,(H,22,24)(H2,21,23,25)/t17-,18+/m1/s1. The Labute approximate surface area is 147 Å². The minimum absolute atomic E-state index is 0.214. The summed E-state index contributed by atoms with van der Waals surface area (Å²) in [6.07, 6.45) is 0. The van der Waals surface area contributed by atoms with Gasteiger partial charge in [-0.05, 0) is 37.1 Å². The molecule has 1 aliphatic rings. The Morgan fingerprint density at radius 3 is 2.52 bits per heavy atom. The molecule has 5 heteroatoms. The van der Waals surface area contributed by atoms with Gasteiger partial charge in [-0.2, -0.15) is 0 Å². The van der Waals surface area contributed by atoms with E-state index in [1.54, 1.807) is 0 Å². The third-order valence-corrected chi connectivity index (χ3v) is 4.35. The lowest BCUT2D eigenvalue weighted by molar-refractivity contribution is -0.119. The van der Waals surface area contributed by atoms with Gasteiger partial charge in [0.05, 0.1) is 6.04 Å². The third kappa shape index (κ3) is 3.55. The van der Waals surface area contributed by atoms with E-state index in [9.17, 15) is 9.59 Å². The fourth-order valence-corrected chi connectivity index (χ4v) is 3.17. The van der Waals surface area contributed by atoms with Crippen molar-refractivity contribution in [2.45, 2.75) is 19.9 Å². The maximum absolute atomic E-state index is 12.9. The van der Waals surface area contributed by atoms with Crippen LogP contribution in [0.2, 0.25) is 0 Å². The second-order valence-electron chi connectivity index (χ2n) is 6.29. The van der Waals surface area contributed by atoms with Gasteiger partial charge in [0.1, 0.15) is 5.92 Å². The third-order valence-electron chi connectivity index (χ3n) is 4.35. The quantitative estimate of drug-likeness (QED) is 0.804. The van der Waals surface area contributed by atoms with E-state index in [1.165, 1.54) is 0 Å². The van der Waals surface area contributed by atoms with E-state index in [0.29, 0.717) is 11.4 Å².